The van der Waals surface area contributed by atoms with Gasteiger partial charge in [0.25, 0.3) is 0 Å². The normalized spacial score (nSPS) is 13.9. The summed E-state index contributed by atoms with van der Waals surface area (Å²) in [5.74, 6) is 0.623. The maximum atomic E-state index is 10.8. The highest BCUT2D eigenvalue weighted by molar-refractivity contribution is 7.85. The summed E-state index contributed by atoms with van der Waals surface area (Å²) in [7, 11) is -0.690. The summed E-state index contributed by atoms with van der Waals surface area (Å²) in [4.78, 5) is 0. The second-order valence-corrected chi connectivity index (χ2v) is 3.92. The van der Waals surface area contributed by atoms with Gasteiger partial charge in [0.15, 0.2) is 0 Å². The van der Waals surface area contributed by atoms with Crippen LogP contribution >= 0.6 is 0 Å². The molecule has 48 valence electrons. The SMILES string of the molecule is C=CCS(=O)C(C)C. The van der Waals surface area contributed by atoms with E-state index in [1.54, 1.807) is 6.08 Å². The van der Waals surface area contributed by atoms with E-state index in [-0.39, 0.29) is 5.25 Å². The molecular formula is C6H12OS. The molecule has 0 aliphatic carbocycles. The zero-order valence-electron chi connectivity index (χ0n) is 5.39. The molecule has 1 unspecified atom stereocenters. The van der Waals surface area contributed by atoms with Crippen LogP contribution in [0.25, 0.3) is 0 Å². The molecule has 0 radical (unpaired) electrons. The molecule has 1 atom stereocenters. The van der Waals surface area contributed by atoms with Crippen molar-refractivity contribution in [1.82, 2.24) is 0 Å². The Bertz CT molecular complexity index is 96.7. The van der Waals surface area contributed by atoms with Crippen molar-refractivity contribution >= 4 is 10.8 Å². The lowest BCUT2D eigenvalue weighted by atomic mass is 10.6. The van der Waals surface area contributed by atoms with Gasteiger partial charge in [-0.3, -0.25) is 4.21 Å². The highest BCUT2D eigenvalue weighted by Crippen LogP contribution is 1.92. The Balaban J connectivity index is 3.48. The van der Waals surface area contributed by atoms with Crippen LogP contribution in [-0.4, -0.2) is 15.2 Å². The van der Waals surface area contributed by atoms with Crippen molar-refractivity contribution in [3.05, 3.63) is 12.7 Å². The minimum absolute atomic E-state index is 0.271. The van der Waals surface area contributed by atoms with Crippen molar-refractivity contribution < 1.29 is 4.21 Å². The monoisotopic (exact) mass is 132 g/mol. The third-order valence-corrected chi connectivity index (χ3v) is 2.42. The van der Waals surface area contributed by atoms with Crippen LogP contribution in [0.3, 0.4) is 0 Å². The molecule has 0 N–H and O–H groups in total. The van der Waals surface area contributed by atoms with Gasteiger partial charge >= 0.3 is 0 Å². The van der Waals surface area contributed by atoms with Crippen LogP contribution in [0.5, 0.6) is 0 Å². The van der Waals surface area contributed by atoms with Crippen LogP contribution in [0.15, 0.2) is 12.7 Å². The molecule has 1 nitrogen and oxygen atoms in total. The molecule has 0 fully saturated rings. The van der Waals surface area contributed by atoms with Gasteiger partial charge in [-0.05, 0) is 0 Å². The predicted molar refractivity (Wildman–Crippen MR) is 38.3 cm³/mol. The van der Waals surface area contributed by atoms with E-state index in [2.05, 4.69) is 6.58 Å². The molecule has 0 bridgehead atoms. The first-order valence-corrected chi connectivity index (χ1v) is 4.04. The lowest BCUT2D eigenvalue weighted by molar-refractivity contribution is 0.679. The second kappa shape index (κ2) is 3.84. The molecule has 0 heterocycles. The van der Waals surface area contributed by atoms with E-state index in [1.807, 2.05) is 13.8 Å². The van der Waals surface area contributed by atoms with Gasteiger partial charge in [0.2, 0.25) is 0 Å². The molecule has 0 aromatic carbocycles. The van der Waals surface area contributed by atoms with E-state index in [0.29, 0.717) is 5.75 Å². The van der Waals surface area contributed by atoms with Crippen LogP contribution in [0.2, 0.25) is 0 Å². The summed E-state index contributed by atoms with van der Waals surface area (Å²) in [6, 6.07) is 0. The fourth-order valence-electron chi connectivity index (χ4n) is 0.309. The van der Waals surface area contributed by atoms with E-state index in [0.717, 1.165) is 0 Å². The minimum atomic E-state index is -0.690. The lowest BCUT2D eigenvalue weighted by Gasteiger charge is -1.98. The Kier molecular flexibility index (Phi) is 3.79. The molecule has 0 aliphatic rings. The minimum Gasteiger partial charge on any atom is -0.259 e. The molecule has 0 saturated heterocycles. The zero-order chi connectivity index (χ0) is 6.57. The van der Waals surface area contributed by atoms with E-state index in [4.69, 9.17) is 0 Å². The van der Waals surface area contributed by atoms with Crippen molar-refractivity contribution in [1.29, 1.82) is 0 Å². The third kappa shape index (κ3) is 2.97. The third-order valence-electron chi connectivity index (χ3n) is 0.808. The van der Waals surface area contributed by atoms with Gasteiger partial charge in [-0.15, -0.1) is 6.58 Å². The van der Waals surface area contributed by atoms with E-state index >= 15 is 0 Å². The number of rotatable bonds is 3. The molecule has 8 heavy (non-hydrogen) atoms. The van der Waals surface area contributed by atoms with Gasteiger partial charge in [0, 0.05) is 21.8 Å². The Morgan fingerprint density at radius 2 is 2.25 bits per heavy atom. The zero-order valence-corrected chi connectivity index (χ0v) is 6.20. The van der Waals surface area contributed by atoms with Gasteiger partial charge in [-0.1, -0.05) is 19.9 Å². The number of hydrogen-bond acceptors (Lipinski definition) is 1. The second-order valence-electron chi connectivity index (χ2n) is 1.88. The standard InChI is InChI=1S/C6H12OS/c1-4-5-8(7)6(2)3/h4,6H,1,5H2,2-3H3. The van der Waals surface area contributed by atoms with E-state index in [1.165, 1.54) is 0 Å². The summed E-state index contributed by atoms with van der Waals surface area (Å²) < 4.78 is 10.8. The number of hydrogen-bond donors (Lipinski definition) is 0. The first-order valence-electron chi connectivity index (χ1n) is 2.66. The van der Waals surface area contributed by atoms with Crippen molar-refractivity contribution in [2.24, 2.45) is 0 Å². The first-order chi connectivity index (χ1) is 3.68. The predicted octanol–water partition coefficient (Wildman–Crippen LogP) is 1.33. The first kappa shape index (κ1) is 7.89. The highest BCUT2D eigenvalue weighted by Gasteiger charge is 1.99. The van der Waals surface area contributed by atoms with Gasteiger partial charge in [0.05, 0.1) is 0 Å². The van der Waals surface area contributed by atoms with Gasteiger partial charge in [-0.25, -0.2) is 0 Å². The van der Waals surface area contributed by atoms with Crippen molar-refractivity contribution in [3.8, 4) is 0 Å². The lowest BCUT2D eigenvalue weighted by Crippen LogP contribution is -2.07. The van der Waals surface area contributed by atoms with Crippen molar-refractivity contribution in [2.75, 3.05) is 5.75 Å². The largest absolute Gasteiger partial charge is 0.259 e. The van der Waals surface area contributed by atoms with E-state index < -0.39 is 10.8 Å². The average molecular weight is 132 g/mol. The Labute approximate surface area is 53.2 Å². The molecule has 0 saturated carbocycles. The molecule has 0 amide bonds. The molecule has 0 rings (SSSR count). The van der Waals surface area contributed by atoms with Crippen LogP contribution in [-0.2, 0) is 10.8 Å². The molecular weight excluding hydrogens is 120 g/mol. The maximum Gasteiger partial charge on any atom is 0.0415 e. The van der Waals surface area contributed by atoms with Crippen LogP contribution < -0.4 is 0 Å². The average Bonchev–Trinajstić information content (AvgIpc) is 1.67. The fourth-order valence-corrected chi connectivity index (χ4v) is 0.926. The summed E-state index contributed by atoms with van der Waals surface area (Å²) >= 11 is 0. The molecule has 0 aliphatic heterocycles. The summed E-state index contributed by atoms with van der Waals surface area (Å²) in [6.45, 7) is 7.38. The maximum absolute atomic E-state index is 10.8. The molecule has 0 spiro atoms. The molecule has 0 aromatic heterocycles. The van der Waals surface area contributed by atoms with Crippen LogP contribution in [0.4, 0.5) is 0 Å². The van der Waals surface area contributed by atoms with Gasteiger partial charge < -0.3 is 0 Å². The Hall–Kier alpha value is -0.110. The van der Waals surface area contributed by atoms with Crippen molar-refractivity contribution in [3.63, 3.8) is 0 Å². The van der Waals surface area contributed by atoms with Gasteiger partial charge in [0.1, 0.15) is 0 Å². The van der Waals surface area contributed by atoms with Crippen molar-refractivity contribution in [2.45, 2.75) is 19.1 Å². The quantitative estimate of drug-likeness (QED) is 0.529. The Morgan fingerprint density at radius 1 is 1.75 bits per heavy atom. The molecule has 0 aromatic rings. The summed E-state index contributed by atoms with van der Waals surface area (Å²) in [5, 5.41) is 0.271. The van der Waals surface area contributed by atoms with Crippen LogP contribution in [0, 0.1) is 0 Å². The molecule has 2 heteroatoms. The topological polar surface area (TPSA) is 17.1 Å². The highest BCUT2D eigenvalue weighted by atomic mass is 32.2. The Morgan fingerprint density at radius 3 is 2.38 bits per heavy atom. The summed E-state index contributed by atoms with van der Waals surface area (Å²) in [5.41, 5.74) is 0. The van der Waals surface area contributed by atoms with Gasteiger partial charge in [-0.2, -0.15) is 0 Å². The summed E-state index contributed by atoms with van der Waals surface area (Å²) in [6.07, 6.45) is 1.69. The smallest absolute Gasteiger partial charge is 0.0415 e. The fraction of sp³-hybridized carbons (Fsp3) is 0.667. The van der Waals surface area contributed by atoms with Crippen LogP contribution in [0.1, 0.15) is 13.8 Å². The van der Waals surface area contributed by atoms with E-state index in [9.17, 15) is 4.21 Å².